The number of urea groups is 1. The normalized spacial score (nSPS) is 10.4. The molecular weight excluding hydrogens is 442 g/mol. The third kappa shape index (κ3) is 5.77. The van der Waals surface area contributed by atoms with Crippen molar-refractivity contribution in [3.8, 4) is 22.8 Å². The third-order valence-corrected chi connectivity index (χ3v) is 4.66. The van der Waals surface area contributed by atoms with Gasteiger partial charge in [-0.1, -0.05) is 18.2 Å². The van der Waals surface area contributed by atoms with Crippen molar-refractivity contribution in [2.75, 3.05) is 5.32 Å². The fourth-order valence-corrected chi connectivity index (χ4v) is 3.09. The van der Waals surface area contributed by atoms with E-state index in [1.165, 1.54) is 42.6 Å². The van der Waals surface area contributed by atoms with Gasteiger partial charge in [-0.25, -0.2) is 13.6 Å². The highest BCUT2D eigenvalue weighted by molar-refractivity contribution is 6.01. The van der Waals surface area contributed by atoms with Crippen LogP contribution in [0.15, 0.2) is 85.3 Å². The second-order valence-electron chi connectivity index (χ2n) is 7.14. The molecule has 0 atom stereocenters. The first-order valence-electron chi connectivity index (χ1n) is 10.2. The molecule has 0 bridgehead atoms. The summed E-state index contributed by atoms with van der Waals surface area (Å²) in [4.78, 5) is 32.4. The van der Waals surface area contributed by atoms with Crippen LogP contribution in [0.3, 0.4) is 0 Å². The third-order valence-electron chi connectivity index (χ3n) is 4.66. The topological polar surface area (TPSA) is 93.2 Å². The molecule has 0 fully saturated rings. The summed E-state index contributed by atoms with van der Waals surface area (Å²) >= 11 is 0. The summed E-state index contributed by atoms with van der Waals surface area (Å²) in [5.41, 5.74) is 1.87. The Morgan fingerprint density at radius 1 is 0.912 bits per heavy atom. The van der Waals surface area contributed by atoms with Crippen molar-refractivity contribution in [1.29, 1.82) is 0 Å². The summed E-state index contributed by atoms with van der Waals surface area (Å²) in [6.07, 6.45) is 4.60. The Hall–Kier alpha value is -4.66. The lowest BCUT2D eigenvalue weighted by molar-refractivity contribution is -0.119. The molecule has 4 aromatic rings. The Morgan fingerprint density at radius 2 is 1.74 bits per heavy atom. The highest BCUT2D eigenvalue weighted by atomic mass is 19.1. The van der Waals surface area contributed by atoms with Gasteiger partial charge >= 0.3 is 6.03 Å². The van der Waals surface area contributed by atoms with Gasteiger partial charge in [-0.15, -0.1) is 0 Å². The summed E-state index contributed by atoms with van der Waals surface area (Å²) in [5, 5.41) is 4.53. The molecule has 0 aliphatic carbocycles. The van der Waals surface area contributed by atoms with Crippen molar-refractivity contribution < 1.29 is 23.1 Å². The van der Waals surface area contributed by atoms with Gasteiger partial charge in [0.2, 0.25) is 5.91 Å². The van der Waals surface area contributed by atoms with Crippen LogP contribution in [0.1, 0.15) is 5.56 Å². The Morgan fingerprint density at radius 3 is 2.47 bits per heavy atom. The molecule has 9 heteroatoms. The lowest BCUT2D eigenvalue weighted by Gasteiger charge is -2.12. The van der Waals surface area contributed by atoms with E-state index < -0.39 is 23.6 Å². The molecule has 0 radical (unpaired) electrons. The molecular formula is C25H18F2N4O3. The molecule has 4 rings (SSSR count). The van der Waals surface area contributed by atoms with E-state index in [2.05, 4.69) is 20.6 Å². The van der Waals surface area contributed by atoms with E-state index in [0.717, 1.165) is 6.07 Å². The minimum absolute atomic E-state index is 0.0678. The predicted octanol–water partition coefficient (Wildman–Crippen LogP) is 5.10. The van der Waals surface area contributed by atoms with Crippen molar-refractivity contribution in [3.63, 3.8) is 0 Å². The van der Waals surface area contributed by atoms with E-state index >= 15 is 0 Å². The number of hydrogen-bond acceptors (Lipinski definition) is 5. The van der Waals surface area contributed by atoms with Crippen molar-refractivity contribution >= 4 is 17.6 Å². The molecule has 170 valence electrons. The first-order valence-corrected chi connectivity index (χ1v) is 10.2. The molecule has 0 spiro atoms. The summed E-state index contributed by atoms with van der Waals surface area (Å²) in [6, 6.07) is 15.3. The van der Waals surface area contributed by atoms with E-state index in [0.29, 0.717) is 22.6 Å². The molecule has 0 saturated heterocycles. The highest BCUT2D eigenvalue weighted by Gasteiger charge is 2.14. The van der Waals surface area contributed by atoms with Gasteiger partial charge in [0.1, 0.15) is 11.6 Å². The zero-order valence-corrected chi connectivity index (χ0v) is 17.7. The largest absolute Gasteiger partial charge is 0.453 e. The van der Waals surface area contributed by atoms with Crippen LogP contribution < -0.4 is 15.4 Å². The van der Waals surface area contributed by atoms with Gasteiger partial charge in [-0.3, -0.25) is 20.1 Å². The van der Waals surface area contributed by atoms with Crippen molar-refractivity contribution in [1.82, 2.24) is 15.3 Å². The van der Waals surface area contributed by atoms with Crippen LogP contribution in [0, 0.1) is 11.6 Å². The lowest BCUT2D eigenvalue weighted by Crippen LogP contribution is -2.35. The fraction of sp³-hybridized carbons (Fsp3) is 0.0400. The molecule has 2 heterocycles. The smallest absolute Gasteiger partial charge is 0.325 e. The van der Waals surface area contributed by atoms with E-state index in [4.69, 9.17) is 4.74 Å². The number of amides is 3. The Labute approximate surface area is 193 Å². The number of nitrogens with one attached hydrogen (secondary N) is 2. The summed E-state index contributed by atoms with van der Waals surface area (Å²) in [5.74, 6) is -1.45. The number of nitrogens with zero attached hydrogens (tertiary/aromatic N) is 2. The fourth-order valence-electron chi connectivity index (χ4n) is 3.09. The highest BCUT2D eigenvalue weighted by Crippen LogP contribution is 2.33. The summed E-state index contributed by atoms with van der Waals surface area (Å²) in [6.45, 7) is 0. The minimum atomic E-state index is -0.827. The van der Waals surface area contributed by atoms with Crippen molar-refractivity contribution in [2.45, 2.75) is 6.42 Å². The predicted molar refractivity (Wildman–Crippen MR) is 121 cm³/mol. The number of pyridine rings is 2. The molecule has 34 heavy (non-hydrogen) atoms. The van der Waals surface area contributed by atoms with Crippen molar-refractivity contribution in [3.05, 3.63) is 103 Å². The Bertz CT molecular complexity index is 1320. The molecule has 0 unspecified atom stereocenters. The Kier molecular flexibility index (Phi) is 6.83. The number of aromatic nitrogens is 2. The monoisotopic (exact) mass is 460 g/mol. The van der Waals surface area contributed by atoms with Gasteiger partial charge in [0.05, 0.1) is 17.7 Å². The van der Waals surface area contributed by atoms with E-state index in [1.807, 2.05) is 6.07 Å². The van der Waals surface area contributed by atoms with Crippen LogP contribution in [0.5, 0.6) is 11.5 Å². The van der Waals surface area contributed by atoms with Crippen LogP contribution in [-0.4, -0.2) is 21.9 Å². The quantitative estimate of drug-likeness (QED) is 0.417. The first kappa shape index (κ1) is 22.5. The van der Waals surface area contributed by atoms with Gasteiger partial charge in [0, 0.05) is 30.3 Å². The van der Waals surface area contributed by atoms with Crippen LogP contribution in [0.2, 0.25) is 0 Å². The van der Waals surface area contributed by atoms with E-state index in [-0.39, 0.29) is 17.9 Å². The number of carbonyl (C=O) groups is 2. The molecule has 0 aliphatic rings. The maximum Gasteiger partial charge on any atom is 0.325 e. The average Bonchev–Trinajstić information content (AvgIpc) is 2.83. The summed E-state index contributed by atoms with van der Waals surface area (Å²) < 4.78 is 33.4. The van der Waals surface area contributed by atoms with Crippen LogP contribution in [0.4, 0.5) is 19.3 Å². The first-order chi connectivity index (χ1) is 16.5. The van der Waals surface area contributed by atoms with Gasteiger partial charge in [-0.05, 0) is 48.0 Å². The van der Waals surface area contributed by atoms with Gasteiger partial charge in [-0.2, -0.15) is 0 Å². The van der Waals surface area contributed by atoms with Crippen molar-refractivity contribution in [2.24, 2.45) is 0 Å². The molecule has 3 amide bonds. The standard InChI is InChI=1S/C25H18F2N4O3/c26-17-6-4-16(5-7-17)13-24(32)31-25(33)30-18-8-9-23(20(27)14-18)34-22-10-12-28-15-19(22)21-3-1-2-11-29-21/h1-12,14-15H,13H2,(H2,30,31,32,33). The molecule has 7 nitrogen and oxygen atoms in total. The number of carbonyl (C=O) groups excluding carboxylic acids is 2. The molecule has 2 N–H and O–H groups in total. The second kappa shape index (κ2) is 10.3. The SMILES string of the molecule is O=C(Cc1ccc(F)cc1)NC(=O)Nc1ccc(Oc2ccncc2-c2ccccn2)c(F)c1. The van der Waals surface area contributed by atoms with Gasteiger partial charge in [0.15, 0.2) is 11.6 Å². The zero-order chi connectivity index (χ0) is 23.9. The number of anilines is 1. The number of hydrogen-bond donors (Lipinski definition) is 2. The second-order valence-corrected chi connectivity index (χ2v) is 7.14. The van der Waals surface area contributed by atoms with Gasteiger partial charge in [0.25, 0.3) is 0 Å². The molecule has 0 saturated carbocycles. The van der Waals surface area contributed by atoms with Crippen LogP contribution in [0.25, 0.3) is 11.3 Å². The number of rotatable bonds is 6. The molecule has 2 aromatic heterocycles. The minimum Gasteiger partial charge on any atom is -0.453 e. The van der Waals surface area contributed by atoms with Gasteiger partial charge < -0.3 is 10.1 Å². The summed E-state index contributed by atoms with van der Waals surface area (Å²) in [7, 11) is 0. The zero-order valence-electron chi connectivity index (χ0n) is 17.7. The maximum atomic E-state index is 14.7. The number of benzene rings is 2. The van der Waals surface area contributed by atoms with Crippen LogP contribution in [-0.2, 0) is 11.2 Å². The molecule has 2 aromatic carbocycles. The number of imide groups is 1. The Balaban J connectivity index is 1.39. The number of halogens is 2. The lowest BCUT2D eigenvalue weighted by atomic mass is 10.1. The number of ether oxygens (including phenoxy) is 1. The van der Waals surface area contributed by atoms with E-state index in [1.54, 1.807) is 30.6 Å². The van der Waals surface area contributed by atoms with Crippen LogP contribution >= 0.6 is 0 Å². The maximum absolute atomic E-state index is 14.7. The van der Waals surface area contributed by atoms with E-state index in [9.17, 15) is 18.4 Å². The molecule has 0 aliphatic heterocycles. The average molecular weight is 460 g/mol.